The molecule has 6 aliphatic heterocycles. The van der Waals surface area contributed by atoms with Crippen LogP contribution in [0.5, 0.6) is 0 Å². The van der Waals surface area contributed by atoms with Gasteiger partial charge in [-0.1, -0.05) is 382 Å². The molecule has 6 heteroatoms. The summed E-state index contributed by atoms with van der Waals surface area (Å²) in [6.45, 7) is 25.9. The lowest BCUT2D eigenvalue weighted by molar-refractivity contribution is 0.244. The summed E-state index contributed by atoms with van der Waals surface area (Å²) >= 11 is 0. The van der Waals surface area contributed by atoms with Gasteiger partial charge in [0.15, 0.2) is 0 Å². The zero-order valence-electron chi connectivity index (χ0n) is 68.1. The van der Waals surface area contributed by atoms with Crippen LogP contribution in [0.1, 0.15) is 176 Å². The second-order valence-corrected chi connectivity index (χ2v) is 39.2. The lowest BCUT2D eigenvalue weighted by atomic mass is 9.25. The van der Waals surface area contributed by atoms with Gasteiger partial charge in [0.25, 0.3) is 0 Å². The highest BCUT2D eigenvalue weighted by Gasteiger charge is 2.65. The Morgan fingerprint density at radius 1 is 0.200 bits per heavy atom. The number of nitrogens with zero attached hydrogens (tertiary/aromatic N) is 2. The Bertz CT molecular complexity index is 5790. The minimum atomic E-state index is -0.899. The van der Waals surface area contributed by atoms with Gasteiger partial charge in [-0.05, 0) is 228 Å². The van der Waals surface area contributed by atoms with E-state index in [4.69, 9.17) is 0 Å². The van der Waals surface area contributed by atoms with Crippen LogP contribution in [0.4, 0.5) is 34.1 Å². The van der Waals surface area contributed by atoms with Gasteiger partial charge in [-0.2, -0.15) is 0 Å². The van der Waals surface area contributed by atoms with E-state index >= 15 is 0 Å². The van der Waals surface area contributed by atoms with Crippen LogP contribution in [0, 0.1) is 0 Å². The molecule has 0 saturated heterocycles. The number of hydrogen-bond acceptors (Lipinski definition) is 2. The summed E-state index contributed by atoms with van der Waals surface area (Å²) in [4.78, 5) is 6.00. The highest BCUT2D eigenvalue weighted by Crippen LogP contribution is 2.68. The number of benzene rings is 14. The van der Waals surface area contributed by atoms with Gasteiger partial charge in [0.05, 0.1) is 5.41 Å². The minimum absolute atomic E-state index is 0.0309. The molecule has 0 amide bonds. The highest BCUT2D eigenvalue weighted by molar-refractivity contribution is 7.05. The SMILES string of the molecule is CC1(C)CCC2(C)CCC(C)(C)c3c4c5c(c1c32)B(c1ccccc1-c1ccccc1)c1cccc2c1N5c1c(cccc1C21c2cccc3c2N2c5c(cccc51)B(c1ccccc1-c1ccccc1)c1c2c(c2c5c1C(C)(C)CCC5(C)CCC2(C)C)B3c1ccccc1-c1ccccc1)B4c1ccccc1-c1ccccc1. The van der Waals surface area contributed by atoms with Crippen molar-refractivity contribution >= 4 is 127 Å². The van der Waals surface area contributed by atoms with Gasteiger partial charge in [0, 0.05) is 34.1 Å². The van der Waals surface area contributed by atoms with Crippen LogP contribution >= 0.6 is 0 Å². The summed E-state index contributed by atoms with van der Waals surface area (Å²) in [5, 5.41) is 0. The topological polar surface area (TPSA) is 6.48 Å². The quantitative estimate of drug-likeness (QED) is 0.140. The third kappa shape index (κ3) is 8.81. The van der Waals surface area contributed by atoms with Crippen LogP contribution in [-0.4, -0.2) is 26.9 Å². The summed E-state index contributed by atoms with van der Waals surface area (Å²) in [6, 6.07) is 116. The number of anilines is 6. The van der Waals surface area contributed by atoms with Crippen LogP contribution in [-0.2, 0) is 37.9 Å². The molecule has 0 bridgehead atoms. The average Bonchev–Trinajstić information content (AvgIpc) is 0.637. The van der Waals surface area contributed by atoms with E-state index in [-0.39, 0.29) is 59.3 Å². The first-order valence-corrected chi connectivity index (χ1v) is 43.1. The second-order valence-electron chi connectivity index (χ2n) is 39.2. The largest absolute Gasteiger partial charge is 0.312 e. The lowest BCUT2D eigenvalue weighted by Crippen LogP contribution is -2.71. The summed E-state index contributed by atoms with van der Waals surface area (Å²) < 4.78 is 0. The highest BCUT2D eigenvalue weighted by atomic mass is 15.2. The van der Waals surface area contributed by atoms with Crippen molar-refractivity contribution in [1.29, 1.82) is 0 Å². The van der Waals surface area contributed by atoms with Gasteiger partial charge >= 0.3 is 0 Å². The third-order valence-corrected chi connectivity index (χ3v) is 31.3. The predicted molar refractivity (Wildman–Crippen MR) is 491 cm³/mol. The van der Waals surface area contributed by atoms with E-state index in [0.29, 0.717) is 0 Å². The molecule has 10 aliphatic rings. The smallest absolute Gasteiger partial charge is 0.247 e. The Kier molecular flexibility index (Phi) is 14.0. The molecule has 2 nitrogen and oxygen atoms in total. The molecule has 1 spiro atoms. The molecule has 0 fully saturated rings. The molecule has 4 aliphatic carbocycles. The summed E-state index contributed by atoms with van der Waals surface area (Å²) in [5.74, 6) is 0. The van der Waals surface area contributed by atoms with Crippen molar-refractivity contribution in [2.24, 2.45) is 0 Å². The lowest BCUT2D eigenvalue weighted by Gasteiger charge is -2.61. The molecule has 0 saturated carbocycles. The van der Waals surface area contributed by atoms with E-state index in [0.717, 1.165) is 25.7 Å². The Hall–Kier alpha value is -11.1. The molecule has 14 aromatic carbocycles. The van der Waals surface area contributed by atoms with Crippen LogP contribution in [0.3, 0.4) is 0 Å². The van der Waals surface area contributed by atoms with Crippen molar-refractivity contribution in [2.75, 3.05) is 9.80 Å². The summed E-state index contributed by atoms with van der Waals surface area (Å²) in [7, 11) is 0. The van der Waals surface area contributed by atoms with Crippen LogP contribution in [0.25, 0.3) is 44.5 Å². The Labute approximate surface area is 681 Å². The van der Waals surface area contributed by atoms with Crippen LogP contribution in [0.2, 0.25) is 0 Å². The zero-order chi connectivity index (χ0) is 77.3. The van der Waals surface area contributed by atoms with E-state index in [9.17, 15) is 0 Å². The maximum absolute atomic E-state index is 3.00. The average molecular weight is 1480 g/mol. The van der Waals surface area contributed by atoms with Crippen LogP contribution in [0.15, 0.2) is 291 Å². The fourth-order valence-electron chi connectivity index (χ4n) is 26.1. The van der Waals surface area contributed by atoms with Gasteiger partial charge in [-0.15, -0.1) is 0 Å². The fourth-order valence-corrected chi connectivity index (χ4v) is 26.1. The molecule has 0 N–H and O–H groups in total. The Balaban J connectivity index is 0.919. The maximum Gasteiger partial charge on any atom is 0.247 e. The van der Waals surface area contributed by atoms with Crippen LogP contribution < -0.4 is 75.4 Å². The van der Waals surface area contributed by atoms with E-state index < -0.39 is 5.41 Å². The molecular weight excluding hydrogens is 1380 g/mol. The standard InChI is InChI=1S/C109H94B4N2/c1-103(2)59-63-107(9)64-60-104(3,4)90-87(107)89(103)93-101-94(90)111(80-52-28-24-44-72(80)68-37-17-12-18-38-68)84-56-32-48-76-98(84)114(101)97-75(47-31-55-83(97)110(93)79-51-27-23-43-71(79)67-35-15-11-16-36-67)109(76)77-49-33-57-85-99(77)115-100-78(109)50-34-58-86(100)113(82-54-30-26-46-74(82)70-41-21-14-22-42-70)96-92-88-91(105(5,6)61-65-108(88,10)66-62-106(92,7)8)95(102(96)115)112(85)81-53-29-25-45-73(81)69-39-19-13-20-40-69/h11-58H,59-66H2,1-10H3. The van der Waals surface area contributed by atoms with Crippen molar-refractivity contribution < 1.29 is 0 Å². The fraction of sp³-hybridized carbons (Fsp3) is 0.229. The molecule has 0 radical (unpaired) electrons. The number of para-hydroxylation sites is 4. The first-order chi connectivity index (χ1) is 55.8. The molecule has 0 aromatic heterocycles. The van der Waals surface area contributed by atoms with Gasteiger partial charge < -0.3 is 9.80 Å². The summed E-state index contributed by atoms with van der Waals surface area (Å²) in [5.41, 5.74) is 49.3. The van der Waals surface area contributed by atoms with Crippen molar-refractivity contribution in [1.82, 2.24) is 0 Å². The van der Waals surface area contributed by atoms with Crippen molar-refractivity contribution in [2.45, 2.75) is 159 Å². The predicted octanol–water partition coefficient (Wildman–Crippen LogP) is 18.4. The number of fused-ring (bicyclic) bond motifs is 8. The minimum Gasteiger partial charge on any atom is -0.312 e. The van der Waals surface area contributed by atoms with Gasteiger partial charge in [-0.3, -0.25) is 0 Å². The van der Waals surface area contributed by atoms with E-state index in [2.05, 4.69) is 370 Å². The van der Waals surface area contributed by atoms with Crippen molar-refractivity contribution in [3.63, 3.8) is 0 Å². The normalized spacial score (nSPS) is 18.6. The van der Waals surface area contributed by atoms with E-state index in [1.807, 2.05) is 0 Å². The number of hydrogen-bond donors (Lipinski definition) is 0. The molecule has 0 unspecified atom stereocenters. The third-order valence-electron chi connectivity index (χ3n) is 31.3. The van der Waals surface area contributed by atoms with E-state index in [1.54, 1.807) is 33.4 Å². The first kappa shape index (κ1) is 68.4. The molecule has 14 aromatic rings. The zero-order valence-corrected chi connectivity index (χ0v) is 68.1. The Morgan fingerprint density at radius 2 is 0.409 bits per heavy atom. The molecular formula is C109H94B4N2. The molecule has 0 atom stereocenters. The molecule has 6 heterocycles. The first-order valence-electron chi connectivity index (χ1n) is 43.1. The van der Waals surface area contributed by atoms with Gasteiger partial charge in [-0.25, -0.2) is 0 Å². The van der Waals surface area contributed by atoms with E-state index in [1.165, 1.54) is 192 Å². The van der Waals surface area contributed by atoms with Gasteiger partial charge in [0.2, 0.25) is 26.9 Å². The second kappa shape index (κ2) is 23.6. The van der Waals surface area contributed by atoms with Crippen molar-refractivity contribution in [3.05, 3.63) is 347 Å². The Morgan fingerprint density at radius 3 is 0.643 bits per heavy atom. The molecule has 115 heavy (non-hydrogen) atoms. The molecule has 24 rings (SSSR count). The van der Waals surface area contributed by atoms with Gasteiger partial charge in [0.1, 0.15) is 0 Å². The maximum atomic E-state index is 3.00. The van der Waals surface area contributed by atoms with Crippen molar-refractivity contribution in [3.8, 4) is 44.5 Å². The number of rotatable bonds is 8. The monoisotopic (exact) mass is 1470 g/mol. The molecule has 552 valence electrons. The summed E-state index contributed by atoms with van der Waals surface area (Å²) in [6.07, 6.45) is 9.16.